The lowest BCUT2D eigenvalue weighted by Crippen LogP contribution is -2.39. The molecule has 2 aromatic rings. The highest BCUT2D eigenvalue weighted by Crippen LogP contribution is 2.42. The van der Waals surface area contributed by atoms with Gasteiger partial charge in [-0.1, -0.05) is 6.07 Å². The van der Waals surface area contributed by atoms with Crippen molar-refractivity contribution < 1.29 is 23.4 Å². The van der Waals surface area contributed by atoms with Crippen LogP contribution in [0.4, 0.5) is 15.9 Å². The van der Waals surface area contributed by atoms with Crippen LogP contribution in [-0.2, 0) is 27.1 Å². The van der Waals surface area contributed by atoms with Crippen molar-refractivity contribution in [1.29, 1.82) is 0 Å². The van der Waals surface area contributed by atoms with Gasteiger partial charge in [0.05, 0.1) is 18.3 Å². The number of rotatable bonds is 9. The molecule has 0 bridgehead atoms. The normalized spacial score (nSPS) is 19.8. The number of carbonyl (C=O) groups excluding carboxylic acids is 1. The first-order valence-electron chi connectivity index (χ1n) is 14.7. The fraction of sp³-hybridized carbons (Fsp3) is 0.613. The van der Waals surface area contributed by atoms with Crippen molar-refractivity contribution in [1.82, 2.24) is 9.88 Å². The number of anilines is 2. The third-order valence-electron chi connectivity index (χ3n) is 7.75. The van der Waals surface area contributed by atoms with Gasteiger partial charge in [-0.25, -0.2) is 14.2 Å². The molecule has 0 spiro atoms. The van der Waals surface area contributed by atoms with Crippen molar-refractivity contribution in [2.24, 2.45) is 0 Å². The lowest BCUT2D eigenvalue weighted by Gasteiger charge is -2.34. The first-order valence-corrected chi connectivity index (χ1v) is 14.7. The molecule has 1 aromatic carbocycles. The maximum atomic E-state index is 14.8. The highest BCUT2D eigenvalue weighted by atomic mass is 19.1. The van der Waals surface area contributed by atoms with Crippen LogP contribution in [0.2, 0.25) is 0 Å². The summed E-state index contributed by atoms with van der Waals surface area (Å²) in [4.78, 5) is 22.3. The molecule has 9 heteroatoms. The highest BCUT2D eigenvalue weighted by molar-refractivity contribution is 5.81. The number of fused-ring (bicyclic) bond motifs is 2. The zero-order valence-electron chi connectivity index (χ0n) is 24.3. The Bertz CT molecular complexity index is 1200. The molecule has 0 aliphatic carbocycles. The molecular weight excluding hydrogens is 511 g/mol. The maximum absolute atomic E-state index is 14.8. The first kappa shape index (κ1) is 28.6. The number of aryl methyl sites for hydroxylation is 2. The van der Waals surface area contributed by atoms with Crippen LogP contribution in [0, 0.1) is 5.82 Å². The Kier molecular flexibility index (Phi) is 8.80. The third kappa shape index (κ3) is 6.86. The summed E-state index contributed by atoms with van der Waals surface area (Å²) in [5, 5.41) is 3.40. The van der Waals surface area contributed by atoms with Crippen LogP contribution >= 0.6 is 0 Å². The smallest absolute Gasteiger partial charge is 0.328 e. The SMILES string of the molecule is CN1CCOc2c(C(C(=O)OC(C)(C)C)N3CC[C@@H](OCCCCc4ccc5c(n4)NCCC5)C3)cc(F)cc21. The number of unbranched alkanes of at least 4 members (excludes halogenated alkanes) is 1. The van der Waals surface area contributed by atoms with Gasteiger partial charge in [0.2, 0.25) is 0 Å². The van der Waals surface area contributed by atoms with Crippen molar-refractivity contribution in [3.63, 3.8) is 0 Å². The topological polar surface area (TPSA) is 76.2 Å². The zero-order valence-corrected chi connectivity index (χ0v) is 24.3. The van der Waals surface area contributed by atoms with E-state index in [1.165, 1.54) is 17.7 Å². The lowest BCUT2D eigenvalue weighted by atomic mass is 10.0. The monoisotopic (exact) mass is 554 g/mol. The molecule has 1 N–H and O–H groups in total. The number of likely N-dealkylation sites (N-methyl/N-ethyl adjacent to an activating group) is 1. The summed E-state index contributed by atoms with van der Waals surface area (Å²) in [6.45, 7) is 9.56. The molecule has 1 saturated heterocycles. The van der Waals surface area contributed by atoms with E-state index >= 15 is 0 Å². The van der Waals surface area contributed by atoms with Gasteiger partial charge in [0, 0.05) is 50.6 Å². The second-order valence-electron chi connectivity index (χ2n) is 12.1. The molecule has 3 aliphatic heterocycles. The van der Waals surface area contributed by atoms with Gasteiger partial charge in [0.25, 0.3) is 0 Å². The molecule has 1 aromatic heterocycles. The van der Waals surface area contributed by atoms with E-state index in [2.05, 4.69) is 22.3 Å². The Morgan fingerprint density at radius 2 is 2.10 bits per heavy atom. The summed E-state index contributed by atoms with van der Waals surface area (Å²) >= 11 is 0. The van der Waals surface area contributed by atoms with E-state index in [1.807, 2.05) is 32.7 Å². The summed E-state index contributed by atoms with van der Waals surface area (Å²) in [5.41, 5.74) is 2.94. The molecule has 40 heavy (non-hydrogen) atoms. The summed E-state index contributed by atoms with van der Waals surface area (Å²) in [5.74, 6) is 0.809. The van der Waals surface area contributed by atoms with E-state index in [-0.39, 0.29) is 6.10 Å². The predicted molar refractivity (Wildman–Crippen MR) is 154 cm³/mol. The lowest BCUT2D eigenvalue weighted by molar-refractivity contribution is -0.161. The van der Waals surface area contributed by atoms with Gasteiger partial charge in [-0.15, -0.1) is 0 Å². The molecule has 0 amide bonds. The standard InChI is InChI=1S/C31H43FN4O4/c1-31(2,3)40-30(37)27(25-18-22(32)19-26-28(25)39-17-15-35(26)4)36-14-12-24(20-36)38-16-6-5-9-23-11-10-21-8-7-13-33-29(21)34-23/h10-11,18-19,24,27H,5-9,12-17,20H2,1-4H3,(H,33,34)/t24-,27?/m1/s1. The van der Waals surface area contributed by atoms with Crippen LogP contribution in [0.25, 0.3) is 0 Å². The van der Waals surface area contributed by atoms with Crippen molar-refractivity contribution in [3.8, 4) is 5.75 Å². The van der Waals surface area contributed by atoms with Gasteiger partial charge in [-0.3, -0.25) is 4.90 Å². The van der Waals surface area contributed by atoms with Gasteiger partial charge >= 0.3 is 5.97 Å². The molecule has 1 fully saturated rings. The van der Waals surface area contributed by atoms with Crippen molar-refractivity contribution in [2.45, 2.75) is 77.0 Å². The van der Waals surface area contributed by atoms with E-state index in [9.17, 15) is 9.18 Å². The predicted octanol–water partition coefficient (Wildman–Crippen LogP) is 4.90. The largest absolute Gasteiger partial charge is 0.489 e. The van der Waals surface area contributed by atoms with Gasteiger partial charge in [-0.05, 0) is 77.0 Å². The first-order chi connectivity index (χ1) is 19.2. The molecular formula is C31H43FN4O4. The van der Waals surface area contributed by atoms with E-state index in [1.54, 1.807) is 0 Å². The average Bonchev–Trinajstić information content (AvgIpc) is 3.36. The van der Waals surface area contributed by atoms with Crippen LogP contribution in [0.1, 0.15) is 69.3 Å². The Morgan fingerprint density at radius 1 is 1.25 bits per heavy atom. The number of pyridine rings is 1. The van der Waals surface area contributed by atoms with Crippen LogP contribution in [0.15, 0.2) is 24.3 Å². The number of nitrogens with one attached hydrogen (secondary N) is 1. The Labute approximate surface area is 237 Å². The molecule has 4 heterocycles. The highest BCUT2D eigenvalue weighted by Gasteiger charge is 2.39. The number of hydrogen-bond acceptors (Lipinski definition) is 8. The number of esters is 1. The fourth-order valence-corrected chi connectivity index (χ4v) is 5.77. The minimum absolute atomic E-state index is 0.00369. The number of aromatic nitrogens is 1. The van der Waals surface area contributed by atoms with Gasteiger partial charge in [-0.2, -0.15) is 0 Å². The average molecular weight is 555 g/mol. The van der Waals surface area contributed by atoms with Gasteiger partial charge in [0.15, 0.2) is 0 Å². The Hall–Kier alpha value is -2.91. The second kappa shape index (κ2) is 12.3. The van der Waals surface area contributed by atoms with E-state index < -0.39 is 23.4 Å². The van der Waals surface area contributed by atoms with E-state index in [0.717, 1.165) is 56.6 Å². The van der Waals surface area contributed by atoms with Gasteiger partial charge in [0.1, 0.15) is 35.6 Å². The summed E-state index contributed by atoms with van der Waals surface area (Å²) < 4.78 is 32.9. The number of nitrogens with zero attached hydrogens (tertiary/aromatic N) is 3. The molecule has 8 nitrogen and oxygen atoms in total. The second-order valence-corrected chi connectivity index (χ2v) is 12.1. The van der Waals surface area contributed by atoms with E-state index in [0.29, 0.717) is 49.8 Å². The molecule has 5 rings (SSSR count). The molecule has 218 valence electrons. The molecule has 1 unspecified atom stereocenters. The molecule has 3 aliphatic rings. The van der Waals surface area contributed by atoms with Crippen molar-refractivity contribution in [3.05, 3.63) is 46.9 Å². The summed E-state index contributed by atoms with van der Waals surface area (Å²) in [6.07, 6.45) is 5.94. The Morgan fingerprint density at radius 3 is 2.92 bits per heavy atom. The Balaban J connectivity index is 1.20. The maximum Gasteiger partial charge on any atom is 0.328 e. The number of carbonyl (C=O) groups is 1. The number of ether oxygens (including phenoxy) is 3. The van der Waals surface area contributed by atoms with Crippen LogP contribution < -0.4 is 15.0 Å². The number of benzene rings is 1. The van der Waals surface area contributed by atoms with Crippen LogP contribution in [0.5, 0.6) is 5.75 Å². The molecule has 2 atom stereocenters. The number of likely N-dealkylation sites (tertiary alicyclic amines) is 1. The summed E-state index contributed by atoms with van der Waals surface area (Å²) in [7, 11) is 1.91. The van der Waals surface area contributed by atoms with Crippen molar-refractivity contribution >= 4 is 17.5 Å². The molecule has 0 radical (unpaired) electrons. The quantitative estimate of drug-likeness (QED) is 0.347. The number of hydrogen-bond donors (Lipinski definition) is 1. The fourth-order valence-electron chi connectivity index (χ4n) is 5.77. The summed E-state index contributed by atoms with van der Waals surface area (Å²) in [6, 6.07) is 6.46. The van der Waals surface area contributed by atoms with Crippen LogP contribution in [-0.4, -0.2) is 74.0 Å². The number of halogens is 1. The molecule has 0 saturated carbocycles. The van der Waals surface area contributed by atoms with Crippen LogP contribution in [0.3, 0.4) is 0 Å². The third-order valence-corrected chi connectivity index (χ3v) is 7.75. The minimum Gasteiger partial charge on any atom is -0.489 e. The van der Waals surface area contributed by atoms with Crippen molar-refractivity contribution in [2.75, 3.05) is 56.7 Å². The van der Waals surface area contributed by atoms with E-state index in [4.69, 9.17) is 19.2 Å². The van der Waals surface area contributed by atoms with Gasteiger partial charge < -0.3 is 24.4 Å². The minimum atomic E-state index is -0.771. The zero-order chi connectivity index (χ0) is 28.3.